The molecule has 0 saturated carbocycles. The molecule has 75 heavy (non-hydrogen) atoms. The van der Waals surface area contributed by atoms with Crippen molar-refractivity contribution in [2.45, 2.75) is 130 Å². The Hall–Kier alpha value is -6.22. The highest BCUT2D eigenvalue weighted by Gasteiger charge is 2.27. The number of imidazole rings is 2. The average molecular weight is 1090 g/mol. The van der Waals surface area contributed by atoms with Gasteiger partial charge in [-0.1, -0.05) is 104 Å². The molecule has 0 aliphatic rings. The topological polar surface area (TPSA) is 175 Å². The Balaban J connectivity index is 1.05. The molecule has 8 aromatic heterocycles. The lowest BCUT2D eigenvalue weighted by molar-refractivity contribution is 0.526. The van der Waals surface area contributed by atoms with Gasteiger partial charge in [0.2, 0.25) is 0 Å². The molecule has 0 fully saturated rings. The number of thiophene rings is 2. The summed E-state index contributed by atoms with van der Waals surface area (Å²) >= 11 is 5.93. The van der Waals surface area contributed by atoms with Gasteiger partial charge in [-0.25, -0.2) is 19.6 Å². The Bertz CT molecular complexity index is 4000. The summed E-state index contributed by atoms with van der Waals surface area (Å²) in [4.78, 5) is 68.5. The van der Waals surface area contributed by atoms with Crippen molar-refractivity contribution in [3.05, 3.63) is 89.2 Å². The van der Waals surface area contributed by atoms with E-state index in [1.807, 2.05) is 35.1 Å². The lowest BCUT2D eigenvalue weighted by Gasteiger charge is -2.09. The first-order chi connectivity index (χ1) is 36.4. The predicted octanol–water partition coefficient (Wildman–Crippen LogP) is 11.8. The number of aryl methyl sites for hydroxylation is 6. The van der Waals surface area contributed by atoms with Gasteiger partial charge in [-0.3, -0.25) is 27.9 Å². The minimum absolute atomic E-state index is 0.321. The first kappa shape index (κ1) is 52.2. The molecule has 0 atom stereocenters. The molecule has 0 unspecified atom stereocenters. The molecule has 0 spiro atoms. The first-order valence-electron chi connectivity index (χ1n) is 26.4. The van der Waals surface area contributed by atoms with Crippen LogP contribution in [0.2, 0.25) is 0 Å². The number of rotatable bonds is 22. The van der Waals surface area contributed by atoms with Crippen LogP contribution in [0.4, 0.5) is 0 Å². The molecule has 10 aromatic rings. The second-order valence-electron chi connectivity index (χ2n) is 19.9. The monoisotopic (exact) mass is 1080 g/mol. The van der Waals surface area contributed by atoms with Gasteiger partial charge in [0, 0.05) is 83.5 Å². The number of unbranched alkanes of at least 4 members (excludes halogenated alkanes) is 11. The summed E-state index contributed by atoms with van der Waals surface area (Å²) < 4.78 is 28.4. The summed E-state index contributed by atoms with van der Waals surface area (Å²) in [5, 5.41) is 0. The molecule has 0 amide bonds. The van der Waals surface area contributed by atoms with Crippen molar-refractivity contribution in [2.75, 3.05) is 0 Å². The minimum atomic E-state index is -0.433. The fourth-order valence-electron chi connectivity index (χ4n) is 10.5. The standard InChI is InChI=1S/C55H64N12O4S4/c1-9-12-15-18-19-22-29-67-53(69)45-51(65(7)55(67)71)57-49(63(45)5)37-28-26-35(41-43(37)61-75-59-41)39-31-33(24-21-17-14-11-3)47(73-39)46-32(23-20-16-13-10-2)30-38(72-46)34-25-27-36(42-40(34)58-74-60-42)48-56-50-44(62(48)4)52(68)66(8)54(70)64(50)6/h25-28,30-31H,9-24,29H2,1-8H3. The molecule has 0 saturated heterocycles. The molecule has 8 heterocycles. The number of hydrogen-bond acceptors (Lipinski definition) is 14. The summed E-state index contributed by atoms with van der Waals surface area (Å²) in [6, 6.07) is 13.0. The van der Waals surface area contributed by atoms with E-state index in [9.17, 15) is 19.2 Å². The molecule has 0 aliphatic carbocycles. The first-order valence-corrected chi connectivity index (χ1v) is 29.5. The van der Waals surface area contributed by atoms with E-state index < -0.39 is 11.2 Å². The highest BCUT2D eigenvalue weighted by molar-refractivity contribution is 7.25. The Morgan fingerprint density at radius 3 is 1.32 bits per heavy atom. The lowest BCUT2D eigenvalue weighted by atomic mass is 10.0. The number of aromatic nitrogens is 12. The van der Waals surface area contributed by atoms with E-state index in [2.05, 4.69) is 45.0 Å². The molecular weight excluding hydrogens is 1020 g/mol. The maximum Gasteiger partial charge on any atom is 0.332 e. The van der Waals surface area contributed by atoms with Crippen LogP contribution >= 0.6 is 46.1 Å². The zero-order valence-electron chi connectivity index (χ0n) is 44.1. The van der Waals surface area contributed by atoms with Gasteiger partial charge in [-0.05, 0) is 67.5 Å². The van der Waals surface area contributed by atoms with Gasteiger partial charge < -0.3 is 9.13 Å². The zero-order chi connectivity index (χ0) is 52.7. The van der Waals surface area contributed by atoms with Gasteiger partial charge in [-0.2, -0.15) is 17.5 Å². The highest BCUT2D eigenvalue weighted by atomic mass is 32.1. The van der Waals surface area contributed by atoms with Crippen LogP contribution < -0.4 is 22.5 Å². The molecule has 20 heteroatoms. The summed E-state index contributed by atoms with van der Waals surface area (Å²) in [7, 11) is 8.45. The van der Waals surface area contributed by atoms with E-state index in [0.717, 1.165) is 148 Å². The van der Waals surface area contributed by atoms with Crippen LogP contribution in [0.5, 0.6) is 0 Å². The predicted molar refractivity (Wildman–Crippen MR) is 309 cm³/mol. The van der Waals surface area contributed by atoms with Crippen LogP contribution in [0.25, 0.3) is 97.8 Å². The van der Waals surface area contributed by atoms with Crippen molar-refractivity contribution in [3.63, 3.8) is 0 Å². The van der Waals surface area contributed by atoms with E-state index in [1.54, 1.807) is 37.0 Å². The number of nitrogens with zero attached hydrogens (tertiary/aromatic N) is 12. The Kier molecular flexibility index (Phi) is 15.4. The Morgan fingerprint density at radius 1 is 0.440 bits per heavy atom. The van der Waals surface area contributed by atoms with Crippen LogP contribution in [0, 0.1) is 0 Å². The third kappa shape index (κ3) is 9.49. The molecule has 0 radical (unpaired) electrons. The smallest absolute Gasteiger partial charge is 0.321 e. The molecular formula is C55H64N12O4S4. The van der Waals surface area contributed by atoms with E-state index in [0.29, 0.717) is 51.6 Å². The van der Waals surface area contributed by atoms with Crippen molar-refractivity contribution in [1.82, 2.24) is 54.9 Å². The Labute approximate surface area is 450 Å². The van der Waals surface area contributed by atoms with Gasteiger partial charge in [-0.15, -0.1) is 22.7 Å². The highest BCUT2D eigenvalue weighted by Crippen LogP contribution is 2.49. The quantitative estimate of drug-likeness (QED) is 0.0594. The number of hydrogen-bond donors (Lipinski definition) is 0. The normalized spacial score (nSPS) is 12.1. The minimum Gasteiger partial charge on any atom is -0.321 e. The van der Waals surface area contributed by atoms with Crippen molar-refractivity contribution < 1.29 is 0 Å². The van der Waals surface area contributed by atoms with Crippen LogP contribution in [0.3, 0.4) is 0 Å². The second kappa shape index (κ2) is 22.2. The third-order valence-electron chi connectivity index (χ3n) is 14.8. The van der Waals surface area contributed by atoms with E-state index in [-0.39, 0.29) is 11.2 Å². The maximum absolute atomic E-state index is 14.1. The lowest BCUT2D eigenvalue weighted by Crippen LogP contribution is -2.39. The molecule has 0 bridgehead atoms. The summed E-state index contributed by atoms with van der Waals surface area (Å²) in [6.07, 6.45) is 17.4. The molecule has 392 valence electrons. The molecule has 16 nitrogen and oxygen atoms in total. The summed E-state index contributed by atoms with van der Waals surface area (Å²) in [5.74, 6) is 1.10. The average Bonchev–Trinajstić information content (AvgIpc) is 4.30. The third-order valence-corrected chi connectivity index (χ3v) is 18.5. The molecule has 10 rings (SSSR count). The van der Waals surface area contributed by atoms with Crippen molar-refractivity contribution in [3.8, 4) is 53.4 Å². The van der Waals surface area contributed by atoms with Gasteiger partial charge in [0.15, 0.2) is 22.3 Å². The zero-order valence-corrected chi connectivity index (χ0v) is 47.4. The largest absolute Gasteiger partial charge is 0.332 e. The van der Waals surface area contributed by atoms with Crippen LogP contribution in [0.15, 0.2) is 55.6 Å². The fourth-order valence-corrected chi connectivity index (χ4v) is 14.4. The maximum atomic E-state index is 14.1. The second-order valence-corrected chi connectivity index (χ2v) is 23.1. The van der Waals surface area contributed by atoms with Crippen molar-refractivity contribution in [2.24, 2.45) is 35.2 Å². The SMILES string of the molecule is CCCCCCCCn1c(=O)c2c(nc(-c3ccc(-c4cc(CCCCCC)c(-c5sc(-c6ccc(-c7nc8c(c(=O)n(C)c(=O)n8C)n7C)c7nsnc67)cc5CCCCCC)s4)c4nsnc34)n2C)n(C)c1=O. The Morgan fingerprint density at radius 2 is 0.840 bits per heavy atom. The van der Waals surface area contributed by atoms with Crippen LogP contribution in [-0.2, 0) is 54.6 Å². The fraction of sp³-hybridized carbons (Fsp3) is 0.455. The van der Waals surface area contributed by atoms with Crippen LogP contribution in [-0.4, -0.2) is 54.9 Å². The van der Waals surface area contributed by atoms with Gasteiger partial charge in [0.1, 0.15) is 33.7 Å². The van der Waals surface area contributed by atoms with Crippen LogP contribution in [0.1, 0.15) is 122 Å². The van der Waals surface area contributed by atoms with E-state index in [1.165, 1.54) is 67.3 Å². The van der Waals surface area contributed by atoms with Gasteiger partial charge >= 0.3 is 11.4 Å². The summed E-state index contributed by atoms with van der Waals surface area (Å²) in [6.45, 7) is 7.06. The van der Waals surface area contributed by atoms with E-state index >= 15 is 0 Å². The molecule has 2 aromatic carbocycles. The van der Waals surface area contributed by atoms with Gasteiger partial charge in [0.05, 0.1) is 23.5 Å². The van der Waals surface area contributed by atoms with Crippen molar-refractivity contribution >= 4 is 90.5 Å². The molecule has 0 N–H and O–H groups in total. The number of benzene rings is 2. The summed E-state index contributed by atoms with van der Waals surface area (Å²) in [5.41, 5.74) is 8.96. The van der Waals surface area contributed by atoms with E-state index in [4.69, 9.17) is 27.5 Å². The molecule has 0 aliphatic heterocycles. The van der Waals surface area contributed by atoms with Gasteiger partial charge in [0.25, 0.3) is 11.1 Å². The number of fused-ring (bicyclic) bond motifs is 4. The van der Waals surface area contributed by atoms with Crippen molar-refractivity contribution in [1.29, 1.82) is 0 Å².